The average molecular weight is 534 g/mol. The van der Waals surface area contributed by atoms with Gasteiger partial charge in [0, 0.05) is 28.4 Å². The maximum atomic E-state index is 10.8. The van der Waals surface area contributed by atoms with Crippen molar-refractivity contribution in [1.29, 1.82) is 0 Å². The van der Waals surface area contributed by atoms with Crippen LogP contribution in [0.15, 0.2) is 74.6 Å². The number of ether oxygens (including phenoxy) is 2. The van der Waals surface area contributed by atoms with Crippen molar-refractivity contribution >= 4 is 49.4 Å². The maximum absolute atomic E-state index is 10.8. The van der Waals surface area contributed by atoms with Crippen LogP contribution in [0.1, 0.15) is 18.1 Å². The van der Waals surface area contributed by atoms with E-state index in [0.717, 1.165) is 31.5 Å². The number of nitro benzene ring substituents is 1. The molecule has 3 aromatic carbocycles. The number of aliphatic imine (C=N–C) groups is 1. The number of hydrogen-bond acceptors (Lipinski definition) is 5. The summed E-state index contributed by atoms with van der Waals surface area (Å²) in [5, 5.41) is 10.8. The van der Waals surface area contributed by atoms with Crippen LogP contribution < -0.4 is 9.47 Å². The van der Waals surface area contributed by atoms with Crippen molar-refractivity contribution in [2.75, 3.05) is 6.61 Å². The van der Waals surface area contributed by atoms with E-state index < -0.39 is 4.92 Å². The van der Waals surface area contributed by atoms with Crippen molar-refractivity contribution in [1.82, 2.24) is 0 Å². The number of rotatable bonds is 8. The van der Waals surface area contributed by atoms with E-state index in [2.05, 4.69) is 36.9 Å². The highest BCUT2D eigenvalue weighted by Gasteiger charge is 2.11. The van der Waals surface area contributed by atoms with Gasteiger partial charge in [-0.2, -0.15) is 0 Å². The molecule has 0 N–H and O–H groups in total. The Labute approximate surface area is 191 Å². The molecular formula is C22H18Br2N2O4. The van der Waals surface area contributed by atoms with Crippen LogP contribution >= 0.6 is 31.9 Å². The van der Waals surface area contributed by atoms with Gasteiger partial charge in [0.15, 0.2) is 0 Å². The van der Waals surface area contributed by atoms with Gasteiger partial charge in [-0.25, -0.2) is 0 Å². The number of nitro groups is 1. The first-order valence-corrected chi connectivity index (χ1v) is 10.7. The summed E-state index contributed by atoms with van der Waals surface area (Å²) >= 11 is 7.02. The molecule has 30 heavy (non-hydrogen) atoms. The Morgan fingerprint density at radius 2 is 1.73 bits per heavy atom. The van der Waals surface area contributed by atoms with E-state index in [1.54, 1.807) is 18.3 Å². The van der Waals surface area contributed by atoms with Crippen LogP contribution in [-0.2, 0) is 6.61 Å². The zero-order valence-corrected chi connectivity index (χ0v) is 19.2. The number of halogens is 2. The average Bonchev–Trinajstić information content (AvgIpc) is 2.73. The summed E-state index contributed by atoms with van der Waals surface area (Å²) in [4.78, 5) is 14.9. The van der Waals surface area contributed by atoms with Gasteiger partial charge in [0.25, 0.3) is 5.69 Å². The summed E-state index contributed by atoms with van der Waals surface area (Å²) in [5.74, 6) is 1.43. The van der Waals surface area contributed by atoms with Gasteiger partial charge < -0.3 is 9.47 Å². The van der Waals surface area contributed by atoms with Crippen molar-refractivity contribution in [3.63, 3.8) is 0 Å². The van der Waals surface area contributed by atoms with Crippen molar-refractivity contribution in [2.24, 2.45) is 4.99 Å². The number of nitrogens with zero attached hydrogens (tertiary/aromatic N) is 2. The molecule has 0 saturated heterocycles. The summed E-state index contributed by atoms with van der Waals surface area (Å²) in [6, 6.07) is 17.6. The molecule has 0 aromatic heterocycles. The molecule has 0 aliphatic heterocycles. The molecule has 0 aliphatic carbocycles. The predicted octanol–water partition coefficient (Wildman–Crippen LogP) is 6.85. The molecule has 0 unspecified atom stereocenters. The molecule has 6 nitrogen and oxygen atoms in total. The maximum Gasteiger partial charge on any atom is 0.269 e. The molecule has 0 radical (unpaired) electrons. The predicted molar refractivity (Wildman–Crippen MR) is 124 cm³/mol. The highest BCUT2D eigenvalue weighted by atomic mass is 79.9. The summed E-state index contributed by atoms with van der Waals surface area (Å²) < 4.78 is 13.1. The molecule has 0 spiro atoms. The fourth-order valence-electron chi connectivity index (χ4n) is 2.64. The highest BCUT2D eigenvalue weighted by Crippen LogP contribution is 2.33. The molecule has 0 bridgehead atoms. The summed E-state index contributed by atoms with van der Waals surface area (Å²) in [5.41, 5.74) is 2.44. The second kappa shape index (κ2) is 10.4. The van der Waals surface area contributed by atoms with Crippen molar-refractivity contribution < 1.29 is 14.4 Å². The first-order valence-electron chi connectivity index (χ1n) is 9.08. The molecule has 0 fully saturated rings. The van der Waals surface area contributed by atoms with E-state index in [9.17, 15) is 10.1 Å². The topological polar surface area (TPSA) is 74.0 Å². The first-order chi connectivity index (χ1) is 14.5. The van der Waals surface area contributed by atoms with Gasteiger partial charge in [0.1, 0.15) is 18.1 Å². The lowest BCUT2D eigenvalue weighted by molar-refractivity contribution is -0.384. The highest BCUT2D eigenvalue weighted by molar-refractivity contribution is 9.11. The quantitative estimate of drug-likeness (QED) is 0.180. The standard InChI is InChI=1S/C22H18Br2N2O4/c1-2-29-20-9-5-18(6-10-20)25-13-16-11-17(23)12-21(24)22(16)30-14-15-3-7-19(8-4-15)26(27)28/h3-13H,2,14H2,1H3. The van der Waals surface area contributed by atoms with Crippen molar-refractivity contribution in [3.8, 4) is 11.5 Å². The van der Waals surface area contributed by atoms with Gasteiger partial charge in [-0.3, -0.25) is 15.1 Å². The Hall–Kier alpha value is -2.71. The van der Waals surface area contributed by atoms with Gasteiger partial charge in [0.05, 0.1) is 21.7 Å². The first kappa shape index (κ1) is 22.0. The molecule has 0 amide bonds. The van der Waals surface area contributed by atoms with Crippen LogP contribution in [0.3, 0.4) is 0 Å². The summed E-state index contributed by atoms with van der Waals surface area (Å²) in [6.07, 6.45) is 1.73. The monoisotopic (exact) mass is 532 g/mol. The lowest BCUT2D eigenvalue weighted by atomic mass is 10.2. The Bertz CT molecular complexity index is 1050. The number of benzene rings is 3. The van der Waals surface area contributed by atoms with Crippen LogP contribution in [-0.4, -0.2) is 17.7 Å². The molecule has 0 atom stereocenters. The molecule has 0 aliphatic rings. The molecule has 0 saturated carbocycles. The third-order valence-corrected chi connectivity index (χ3v) is 5.11. The zero-order valence-electron chi connectivity index (χ0n) is 16.0. The molecule has 154 valence electrons. The molecule has 3 aromatic rings. The van der Waals surface area contributed by atoms with Crippen LogP contribution in [0.2, 0.25) is 0 Å². The van der Waals surface area contributed by atoms with Gasteiger partial charge in [-0.1, -0.05) is 15.9 Å². The Morgan fingerprint density at radius 3 is 2.37 bits per heavy atom. The third-order valence-electron chi connectivity index (χ3n) is 4.07. The van der Waals surface area contributed by atoms with Crippen LogP contribution in [0.5, 0.6) is 11.5 Å². The fraction of sp³-hybridized carbons (Fsp3) is 0.136. The Morgan fingerprint density at radius 1 is 1.03 bits per heavy atom. The third kappa shape index (κ3) is 5.90. The lowest BCUT2D eigenvalue weighted by Gasteiger charge is -2.12. The Kier molecular flexibility index (Phi) is 7.59. The van der Waals surface area contributed by atoms with E-state index in [1.165, 1.54) is 12.1 Å². The molecular weight excluding hydrogens is 516 g/mol. The summed E-state index contributed by atoms with van der Waals surface area (Å²) in [6.45, 7) is 2.82. The van der Waals surface area contributed by atoms with Gasteiger partial charge in [-0.15, -0.1) is 0 Å². The van der Waals surface area contributed by atoms with E-state index in [4.69, 9.17) is 9.47 Å². The Balaban J connectivity index is 1.78. The van der Waals surface area contributed by atoms with Gasteiger partial charge in [-0.05, 0) is 76.9 Å². The molecule has 0 heterocycles. The van der Waals surface area contributed by atoms with Crippen molar-refractivity contribution in [2.45, 2.75) is 13.5 Å². The second-order valence-electron chi connectivity index (χ2n) is 6.20. The lowest BCUT2D eigenvalue weighted by Crippen LogP contribution is -2.00. The number of hydrogen-bond donors (Lipinski definition) is 0. The molecule has 8 heteroatoms. The van der Waals surface area contributed by atoms with E-state index in [0.29, 0.717) is 12.4 Å². The number of non-ortho nitro benzene ring substituents is 1. The minimum absolute atomic E-state index is 0.0479. The minimum Gasteiger partial charge on any atom is -0.494 e. The van der Waals surface area contributed by atoms with E-state index >= 15 is 0 Å². The van der Waals surface area contributed by atoms with Gasteiger partial charge >= 0.3 is 0 Å². The van der Waals surface area contributed by atoms with Crippen LogP contribution in [0.4, 0.5) is 11.4 Å². The largest absolute Gasteiger partial charge is 0.494 e. The van der Waals surface area contributed by atoms with Crippen LogP contribution in [0, 0.1) is 10.1 Å². The SMILES string of the molecule is CCOc1ccc(N=Cc2cc(Br)cc(Br)c2OCc2ccc([N+](=O)[O-])cc2)cc1. The summed E-state index contributed by atoms with van der Waals surface area (Å²) in [7, 11) is 0. The smallest absolute Gasteiger partial charge is 0.269 e. The minimum atomic E-state index is -0.425. The zero-order chi connectivity index (χ0) is 21.5. The fourth-order valence-corrected chi connectivity index (χ4v) is 4.01. The van der Waals surface area contributed by atoms with Crippen molar-refractivity contribution in [3.05, 3.63) is 90.9 Å². The van der Waals surface area contributed by atoms with Crippen LogP contribution in [0.25, 0.3) is 0 Å². The van der Waals surface area contributed by atoms with E-state index in [-0.39, 0.29) is 12.3 Å². The normalized spacial score (nSPS) is 10.9. The molecule has 3 rings (SSSR count). The van der Waals surface area contributed by atoms with E-state index in [1.807, 2.05) is 43.3 Å². The van der Waals surface area contributed by atoms with Gasteiger partial charge in [0.2, 0.25) is 0 Å². The second-order valence-corrected chi connectivity index (χ2v) is 7.97.